The van der Waals surface area contributed by atoms with E-state index in [1.807, 2.05) is 6.92 Å². The fraction of sp³-hybridized carbons (Fsp3) is 0.222. The second-order valence-corrected chi connectivity index (χ2v) is 6.44. The first-order valence-corrected chi connectivity index (χ1v) is 8.77. The molecule has 25 heavy (non-hydrogen) atoms. The summed E-state index contributed by atoms with van der Waals surface area (Å²) in [6, 6.07) is 11.7. The number of halogens is 2. The maximum atomic E-state index is 12.2. The van der Waals surface area contributed by atoms with Crippen molar-refractivity contribution in [2.24, 2.45) is 0 Å². The summed E-state index contributed by atoms with van der Waals surface area (Å²) in [5.41, 5.74) is 0.772. The average Bonchev–Trinajstić information content (AvgIpc) is 2.58. The Morgan fingerprint density at radius 1 is 1.20 bits per heavy atom. The maximum absolute atomic E-state index is 12.2. The highest BCUT2D eigenvalue weighted by Crippen LogP contribution is 2.22. The number of amides is 1. The molecule has 1 N–H and O–H groups in total. The minimum atomic E-state index is -0.978. The molecule has 0 aliphatic carbocycles. The van der Waals surface area contributed by atoms with Gasteiger partial charge >= 0.3 is 5.97 Å². The third-order valence-corrected chi connectivity index (χ3v) is 4.06. The molecule has 0 saturated carbocycles. The summed E-state index contributed by atoms with van der Waals surface area (Å²) < 4.78 is 11.2. The SMILES string of the molecule is CCOc1ccc(NC(=O)C(C)OC(=O)c2cc(Br)ccc2Cl)cc1. The molecule has 132 valence electrons. The monoisotopic (exact) mass is 425 g/mol. The molecule has 2 rings (SSSR count). The fourth-order valence-corrected chi connectivity index (χ4v) is 2.53. The molecular weight excluding hydrogens is 410 g/mol. The van der Waals surface area contributed by atoms with E-state index < -0.39 is 18.0 Å². The van der Waals surface area contributed by atoms with Crippen LogP contribution in [-0.4, -0.2) is 24.6 Å². The molecule has 0 aliphatic rings. The van der Waals surface area contributed by atoms with Crippen molar-refractivity contribution < 1.29 is 19.1 Å². The Morgan fingerprint density at radius 2 is 1.88 bits per heavy atom. The number of anilines is 1. The number of benzene rings is 2. The van der Waals surface area contributed by atoms with E-state index in [9.17, 15) is 9.59 Å². The first-order valence-electron chi connectivity index (χ1n) is 7.60. The van der Waals surface area contributed by atoms with Crippen molar-refractivity contribution in [3.8, 4) is 5.75 Å². The van der Waals surface area contributed by atoms with Gasteiger partial charge in [-0.3, -0.25) is 4.79 Å². The van der Waals surface area contributed by atoms with Gasteiger partial charge in [0.2, 0.25) is 0 Å². The summed E-state index contributed by atoms with van der Waals surface area (Å²) in [5, 5.41) is 2.94. The number of hydrogen-bond donors (Lipinski definition) is 1. The Balaban J connectivity index is 1.97. The van der Waals surface area contributed by atoms with E-state index in [-0.39, 0.29) is 10.6 Å². The smallest absolute Gasteiger partial charge is 0.340 e. The summed E-state index contributed by atoms with van der Waals surface area (Å²) in [6.45, 7) is 3.95. The highest BCUT2D eigenvalue weighted by atomic mass is 79.9. The predicted molar refractivity (Wildman–Crippen MR) is 100 cm³/mol. The van der Waals surface area contributed by atoms with Crippen LogP contribution in [0.3, 0.4) is 0 Å². The largest absolute Gasteiger partial charge is 0.494 e. The Morgan fingerprint density at radius 3 is 2.52 bits per heavy atom. The molecule has 0 bridgehead atoms. The van der Waals surface area contributed by atoms with Crippen molar-refractivity contribution in [2.45, 2.75) is 20.0 Å². The van der Waals surface area contributed by atoms with Crippen molar-refractivity contribution in [1.29, 1.82) is 0 Å². The van der Waals surface area contributed by atoms with E-state index in [0.29, 0.717) is 22.5 Å². The highest BCUT2D eigenvalue weighted by molar-refractivity contribution is 9.10. The van der Waals surface area contributed by atoms with Crippen LogP contribution in [0.1, 0.15) is 24.2 Å². The zero-order chi connectivity index (χ0) is 18.4. The van der Waals surface area contributed by atoms with E-state index in [0.717, 1.165) is 0 Å². The van der Waals surface area contributed by atoms with Crippen LogP contribution >= 0.6 is 27.5 Å². The van der Waals surface area contributed by atoms with Crippen LogP contribution in [-0.2, 0) is 9.53 Å². The van der Waals surface area contributed by atoms with E-state index in [1.165, 1.54) is 6.92 Å². The first-order chi connectivity index (χ1) is 11.9. The lowest BCUT2D eigenvalue weighted by Gasteiger charge is -2.14. The molecule has 1 amide bonds. The zero-order valence-corrected chi connectivity index (χ0v) is 16.1. The molecule has 2 aromatic rings. The van der Waals surface area contributed by atoms with E-state index in [4.69, 9.17) is 21.1 Å². The lowest BCUT2D eigenvalue weighted by Crippen LogP contribution is -2.30. The number of hydrogen-bond acceptors (Lipinski definition) is 4. The van der Waals surface area contributed by atoms with Gasteiger partial charge in [0.1, 0.15) is 5.75 Å². The Kier molecular flexibility index (Phi) is 6.84. The van der Waals surface area contributed by atoms with Gasteiger partial charge in [0.25, 0.3) is 5.91 Å². The summed E-state index contributed by atoms with van der Waals surface area (Å²) in [4.78, 5) is 24.4. The summed E-state index contributed by atoms with van der Waals surface area (Å²) in [6.07, 6.45) is -0.978. The van der Waals surface area contributed by atoms with Crippen LogP contribution in [0.15, 0.2) is 46.9 Å². The topological polar surface area (TPSA) is 64.6 Å². The van der Waals surface area contributed by atoms with Gasteiger partial charge in [0.05, 0.1) is 17.2 Å². The summed E-state index contributed by atoms with van der Waals surface area (Å²) in [5.74, 6) is -0.395. The fourth-order valence-electron chi connectivity index (χ4n) is 1.98. The molecule has 0 radical (unpaired) electrons. The van der Waals surface area contributed by atoms with Crippen molar-refractivity contribution in [1.82, 2.24) is 0 Å². The van der Waals surface area contributed by atoms with Gasteiger partial charge in [0.15, 0.2) is 6.10 Å². The summed E-state index contributed by atoms with van der Waals surface area (Å²) in [7, 11) is 0. The van der Waals surface area contributed by atoms with Gasteiger partial charge in [-0.15, -0.1) is 0 Å². The number of nitrogens with one attached hydrogen (secondary N) is 1. The van der Waals surface area contributed by atoms with Crippen molar-refractivity contribution >= 4 is 45.1 Å². The Bertz CT molecular complexity index is 764. The Hall–Kier alpha value is -2.05. The Labute approximate surface area is 159 Å². The van der Waals surface area contributed by atoms with Crippen molar-refractivity contribution in [2.75, 3.05) is 11.9 Å². The highest BCUT2D eigenvalue weighted by Gasteiger charge is 2.21. The van der Waals surface area contributed by atoms with Gasteiger partial charge in [0, 0.05) is 10.2 Å². The molecule has 0 aromatic heterocycles. The molecular formula is C18H17BrClNO4. The standard InChI is InChI=1S/C18H17BrClNO4/c1-3-24-14-7-5-13(6-8-14)21-17(22)11(2)25-18(23)15-10-12(19)4-9-16(15)20/h4-11H,3H2,1-2H3,(H,21,22). The van der Waals surface area contributed by atoms with Crippen LogP contribution in [0, 0.1) is 0 Å². The van der Waals surface area contributed by atoms with E-state index in [1.54, 1.807) is 42.5 Å². The summed E-state index contributed by atoms with van der Waals surface area (Å²) >= 11 is 9.26. The number of esters is 1. The predicted octanol–water partition coefficient (Wildman–Crippen LogP) is 4.69. The minimum Gasteiger partial charge on any atom is -0.494 e. The van der Waals surface area contributed by atoms with Gasteiger partial charge in [-0.2, -0.15) is 0 Å². The van der Waals surface area contributed by atoms with Gasteiger partial charge < -0.3 is 14.8 Å². The van der Waals surface area contributed by atoms with Gasteiger partial charge in [-0.25, -0.2) is 4.79 Å². The van der Waals surface area contributed by atoms with Gasteiger partial charge in [-0.1, -0.05) is 27.5 Å². The van der Waals surface area contributed by atoms with Crippen LogP contribution in [0.25, 0.3) is 0 Å². The van der Waals surface area contributed by atoms with Gasteiger partial charge in [-0.05, 0) is 56.3 Å². The normalized spacial score (nSPS) is 11.5. The third kappa shape index (κ3) is 5.47. The van der Waals surface area contributed by atoms with Crippen molar-refractivity contribution in [3.05, 3.63) is 57.5 Å². The lowest BCUT2D eigenvalue weighted by atomic mass is 10.2. The first kappa shape index (κ1) is 19.3. The number of rotatable bonds is 6. The zero-order valence-electron chi connectivity index (χ0n) is 13.7. The molecule has 0 spiro atoms. The van der Waals surface area contributed by atoms with Crippen molar-refractivity contribution in [3.63, 3.8) is 0 Å². The molecule has 2 aromatic carbocycles. The molecule has 7 heteroatoms. The quantitative estimate of drug-likeness (QED) is 0.681. The van der Waals surface area contributed by atoms with Crippen LogP contribution in [0.5, 0.6) is 5.75 Å². The number of carbonyl (C=O) groups is 2. The molecule has 0 aliphatic heterocycles. The van der Waals surface area contributed by atoms with E-state index >= 15 is 0 Å². The van der Waals surface area contributed by atoms with E-state index in [2.05, 4.69) is 21.2 Å². The third-order valence-electron chi connectivity index (χ3n) is 3.23. The van der Waals surface area contributed by atoms with Crippen LogP contribution in [0.2, 0.25) is 5.02 Å². The lowest BCUT2D eigenvalue weighted by molar-refractivity contribution is -0.123. The molecule has 0 saturated heterocycles. The number of ether oxygens (including phenoxy) is 2. The minimum absolute atomic E-state index is 0.191. The average molecular weight is 427 g/mol. The molecule has 1 unspecified atom stereocenters. The molecule has 0 heterocycles. The molecule has 0 fully saturated rings. The maximum Gasteiger partial charge on any atom is 0.340 e. The second kappa shape index (κ2) is 8.87. The van der Waals surface area contributed by atoms with Crippen LogP contribution in [0.4, 0.5) is 5.69 Å². The number of carbonyl (C=O) groups excluding carboxylic acids is 2. The second-order valence-electron chi connectivity index (χ2n) is 5.12. The molecule has 1 atom stereocenters. The van der Waals surface area contributed by atoms with Crippen LogP contribution < -0.4 is 10.1 Å². The molecule has 5 nitrogen and oxygen atoms in total.